The third-order valence-electron chi connectivity index (χ3n) is 2.84. The van der Waals surface area contributed by atoms with Crippen molar-refractivity contribution in [1.29, 1.82) is 0 Å². The first kappa shape index (κ1) is 12.8. The molecule has 1 heterocycles. The number of para-hydroxylation sites is 1. The van der Waals surface area contributed by atoms with E-state index in [1.54, 1.807) is 18.4 Å². The third-order valence-corrected chi connectivity index (χ3v) is 4.03. The third kappa shape index (κ3) is 2.62. The average molecular weight is 260 g/mol. The van der Waals surface area contributed by atoms with Crippen LogP contribution in [-0.4, -0.2) is 12.9 Å². The Bertz CT molecular complexity index is 570. The maximum absolute atomic E-state index is 12.3. The maximum Gasteiger partial charge on any atom is 0.177 e. The quantitative estimate of drug-likeness (QED) is 0.782. The molecule has 0 saturated heterocycles. The van der Waals surface area contributed by atoms with E-state index in [1.165, 1.54) is 4.88 Å². The van der Waals surface area contributed by atoms with Crippen LogP contribution < -0.4 is 4.74 Å². The topological polar surface area (TPSA) is 26.3 Å². The van der Waals surface area contributed by atoms with Gasteiger partial charge in [0.2, 0.25) is 0 Å². The zero-order valence-electron chi connectivity index (χ0n) is 10.8. The highest BCUT2D eigenvalue weighted by Gasteiger charge is 2.14. The lowest BCUT2D eigenvalue weighted by Crippen LogP contribution is -2.04. The Morgan fingerprint density at radius 3 is 2.61 bits per heavy atom. The number of benzene rings is 1. The van der Waals surface area contributed by atoms with Gasteiger partial charge in [0.15, 0.2) is 5.78 Å². The summed E-state index contributed by atoms with van der Waals surface area (Å²) in [5, 5.41) is 0. The summed E-state index contributed by atoms with van der Waals surface area (Å²) in [5.74, 6) is 0.937. The van der Waals surface area contributed by atoms with Gasteiger partial charge in [-0.05, 0) is 31.5 Å². The number of ether oxygens (including phenoxy) is 1. The van der Waals surface area contributed by atoms with Crippen molar-refractivity contribution >= 4 is 17.1 Å². The highest BCUT2D eigenvalue weighted by atomic mass is 32.1. The standard InChI is InChI=1S/C15H16O2S/c1-10-8-11(2)18-15(10)13(16)9-12-6-4-5-7-14(12)17-3/h4-8H,9H2,1-3H3. The molecule has 18 heavy (non-hydrogen) atoms. The Kier molecular flexibility index (Phi) is 3.82. The van der Waals surface area contributed by atoms with E-state index in [4.69, 9.17) is 4.74 Å². The highest BCUT2D eigenvalue weighted by molar-refractivity contribution is 7.14. The van der Waals surface area contributed by atoms with E-state index in [1.807, 2.05) is 38.1 Å². The van der Waals surface area contributed by atoms with Gasteiger partial charge in [0, 0.05) is 16.9 Å². The Morgan fingerprint density at radius 1 is 1.28 bits per heavy atom. The van der Waals surface area contributed by atoms with Crippen LogP contribution in [0.25, 0.3) is 0 Å². The maximum atomic E-state index is 12.3. The van der Waals surface area contributed by atoms with E-state index in [0.29, 0.717) is 6.42 Å². The Hall–Kier alpha value is -1.61. The van der Waals surface area contributed by atoms with Crippen molar-refractivity contribution in [3.63, 3.8) is 0 Å². The fourth-order valence-corrected chi connectivity index (χ4v) is 2.98. The van der Waals surface area contributed by atoms with E-state index in [2.05, 4.69) is 6.07 Å². The van der Waals surface area contributed by atoms with Crippen LogP contribution in [0.15, 0.2) is 30.3 Å². The number of thiophene rings is 1. The number of ketones is 1. The van der Waals surface area contributed by atoms with Gasteiger partial charge < -0.3 is 4.74 Å². The molecule has 0 fully saturated rings. The van der Waals surface area contributed by atoms with Gasteiger partial charge in [0.25, 0.3) is 0 Å². The van der Waals surface area contributed by atoms with Gasteiger partial charge in [-0.3, -0.25) is 4.79 Å². The summed E-state index contributed by atoms with van der Waals surface area (Å²) in [7, 11) is 1.63. The monoisotopic (exact) mass is 260 g/mol. The highest BCUT2D eigenvalue weighted by Crippen LogP contribution is 2.25. The first-order valence-corrected chi connectivity index (χ1v) is 6.65. The Balaban J connectivity index is 2.24. The van der Waals surface area contributed by atoms with Crippen molar-refractivity contribution in [3.8, 4) is 5.75 Å². The number of hydrogen-bond acceptors (Lipinski definition) is 3. The second kappa shape index (κ2) is 5.36. The molecule has 0 saturated carbocycles. The van der Waals surface area contributed by atoms with Crippen molar-refractivity contribution in [2.75, 3.05) is 7.11 Å². The first-order valence-electron chi connectivity index (χ1n) is 5.84. The summed E-state index contributed by atoms with van der Waals surface area (Å²) >= 11 is 1.56. The zero-order chi connectivity index (χ0) is 13.1. The molecule has 1 aromatic heterocycles. The molecule has 2 aromatic rings. The molecule has 3 heteroatoms. The summed E-state index contributed by atoms with van der Waals surface area (Å²) in [6, 6.07) is 9.72. The van der Waals surface area contributed by atoms with E-state index < -0.39 is 0 Å². The summed E-state index contributed by atoms with van der Waals surface area (Å²) < 4.78 is 5.27. The smallest absolute Gasteiger partial charge is 0.177 e. The molecule has 0 aliphatic heterocycles. The van der Waals surface area contributed by atoms with Crippen molar-refractivity contribution in [3.05, 3.63) is 51.2 Å². The number of Topliss-reactive ketones (excluding diaryl/α,β-unsaturated/α-hetero) is 1. The molecule has 1 aromatic carbocycles. The molecule has 0 N–H and O–H groups in total. The van der Waals surface area contributed by atoms with Crippen LogP contribution in [0.3, 0.4) is 0 Å². The van der Waals surface area contributed by atoms with Crippen molar-refractivity contribution in [2.24, 2.45) is 0 Å². The minimum absolute atomic E-state index is 0.162. The molecule has 2 rings (SSSR count). The molecule has 2 nitrogen and oxygen atoms in total. The predicted octanol–water partition coefficient (Wildman–Crippen LogP) is 3.80. The average Bonchev–Trinajstić information content (AvgIpc) is 2.69. The second-order valence-electron chi connectivity index (χ2n) is 4.28. The van der Waals surface area contributed by atoms with Crippen LogP contribution in [0.4, 0.5) is 0 Å². The molecule has 0 amide bonds. The summed E-state index contributed by atoms with van der Waals surface area (Å²) in [4.78, 5) is 14.3. The molecule has 0 spiro atoms. The molecule has 94 valence electrons. The number of rotatable bonds is 4. The first-order chi connectivity index (χ1) is 8.61. The molecule has 0 unspecified atom stereocenters. The van der Waals surface area contributed by atoms with Gasteiger partial charge >= 0.3 is 0 Å². The van der Waals surface area contributed by atoms with Crippen molar-refractivity contribution in [1.82, 2.24) is 0 Å². The molecular weight excluding hydrogens is 244 g/mol. The predicted molar refractivity (Wildman–Crippen MR) is 74.8 cm³/mol. The molecule has 0 aliphatic carbocycles. The molecule has 0 atom stereocenters. The lowest BCUT2D eigenvalue weighted by molar-refractivity contribution is 0.0995. The minimum Gasteiger partial charge on any atom is -0.496 e. The number of aryl methyl sites for hydroxylation is 2. The Morgan fingerprint density at radius 2 is 2.00 bits per heavy atom. The summed E-state index contributed by atoms with van der Waals surface area (Å²) in [5.41, 5.74) is 2.01. The zero-order valence-corrected chi connectivity index (χ0v) is 11.6. The van der Waals surface area contributed by atoms with Gasteiger partial charge in [-0.1, -0.05) is 18.2 Å². The lowest BCUT2D eigenvalue weighted by Gasteiger charge is -2.07. The fraction of sp³-hybridized carbons (Fsp3) is 0.267. The van der Waals surface area contributed by atoms with E-state index in [9.17, 15) is 4.79 Å². The van der Waals surface area contributed by atoms with Gasteiger partial charge in [0.1, 0.15) is 5.75 Å². The van der Waals surface area contributed by atoms with Crippen LogP contribution in [-0.2, 0) is 6.42 Å². The van der Waals surface area contributed by atoms with Gasteiger partial charge in [-0.15, -0.1) is 11.3 Å². The van der Waals surface area contributed by atoms with Crippen LogP contribution in [0, 0.1) is 13.8 Å². The largest absolute Gasteiger partial charge is 0.496 e. The normalized spacial score (nSPS) is 10.4. The van der Waals surface area contributed by atoms with E-state index in [-0.39, 0.29) is 5.78 Å². The van der Waals surface area contributed by atoms with Crippen molar-refractivity contribution in [2.45, 2.75) is 20.3 Å². The molecule has 0 radical (unpaired) electrons. The van der Waals surface area contributed by atoms with Crippen LogP contribution >= 0.6 is 11.3 Å². The summed E-state index contributed by atoms with van der Waals surface area (Å²) in [6.45, 7) is 4.01. The number of carbonyl (C=O) groups is 1. The van der Waals surface area contributed by atoms with Gasteiger partial charge in [0.05, 0.1) is 12.0 Å². The lowest BCUT2D eigenvalue weighted by atomic mass is 10.1. The number of hydrogen-bond donors (Lipinski definition) is 0. The molecule has 0 bridgehead atoms. The van der Waals surface area contributed by atoms with Crippen LogP contribution in [0.2, 0.25) is 0 Å². The van der Waals surface area contributed by atoms with Gasteiger partial charge in [-0.25, -0.2) is 0 Å². The minimum atomic E-state index is 0.162. The summed E-state index contributed by atoms with van der Waals surface area (Å²) in [6.07, 6.45) is 0.394. The molecular formula is C15H16O2S. The fourth-order valence-electron chi connectivity index (χ4n) is 2.02. The number of methoxy groups -OCH3 is 1. The van der Waals surface area contributed by atoms with E-state index in [0.717, 1.165) is 21.8 Å². The van der Waals surface area contributed by atoms with Crippen molar-refractivity contribution < 1.29 is 9.53 Å². The Labute approximate surface area is 111 Å². The van der Waals surface area contributed by atoms with E-state index >= 15 is 0 Å². The second-order valence-corrected chi connectivity index (χ2v) is 5.54. The van der Waals surface area contributed by atoms with Crippen LogP contribution in [0.5, 0.6) is 5.75 Å². The number of carbonyl (C=O) groups excluding carboxylic acids is 1. The SMILES string of the molecule is COc1ccccc1CC(=O)c1sc(C)cc1C. The van der Waals surface area contributed by atoms with Gasteiger partial charge in [-0.2, -0.15) is 0 Å². The molecule has 0 aliphatic rings. The van der Waals surface area contributed by atoms with Crippen LogP contribution in [0.1, 0.15) is 25.7 Å².